The third kappa shape index (κ3) is 2.35. The zero-order valence-corrected chi connectivity index (χ0v) is 10.1. The summed E-state index contributed by atoms with van der Waals surface area (Å²) in [5, 5.41) is -0.0406. The average molecular weight is 243 g/mol. The molecule has 15 heavy (non-hydrogen) atoms. The van der Waals surface area contributed by atoms with Crippen molar-refractivity contribution in [1.82, 2.24) is 4.31 Å². The van der Waals surface area contributed by atoms with Crippen molar-refractivity contribution in [2.75, 3.05) is 18.6 Å². The Hall–Kier alpha value is -0.520. The first kappa shape index (κ1) is 11.0. The van der Waals surface area contributed by atoms with Gasteiger partial charge < -0.3 is 0 Å². The topological polar surface area (TPSA) is 37.4 Å². The average Bonchev–Trinajstić information content (AvgIpc) is 2.67. The zero-order valence-electron chi connectivity index (χ0n) is 8.46. The van der Waals surface area contributed by atoms with E-state index in [1.165, 1.54) is 6.26 Å². The van der Waals surface area contributed by atoms with Crippen LogP contribution in [0.4, 0.5) is 0 Å². The summed E-state index contributed by atoms with van der Waals surface area (Å²) >= 11 is 1.68. The summed E-state index contributed by atoms with van der Waals surface area (Å²) in [4.78, 5) is 0. The standard InChI is InChI=1S/C10H13NO2S2/c1-15(12,13)11-7-8-14-10(11)9-5-3-2-4-6-9/h2-6,10H,7-8H2,1H3. The zero-order chi connectivity index (χ0) is 10.9. The molecular formula is C10H13NO2S2. The lowest BCUT2D eigenvalue weighted by atomic mass is 10.2. The molecule has 1 aromatic rings. The molecule has 0 radical (unpaired) electrons. The van der Waals surface area contributed by atoms with Gasteiger partial charge in [-0.3, -0.25) is 0 Å². The highest BCUT2D eigenvalue weighted by atomic mass is 32.2. The molecule has 1 unspecified atom stereocenters. The first-order valence-corrected chi connectivity index (χ1v) is 7.62. The van der Waals surface area contributed by atoms with Crippen LogP contribution in [0.3, 0.4) is 0 Å². The van der Waals surface area contributed by atoms with Crippen molar-refractivity contribution >= 4 is 21.8 Å². The Balaban J connectivity index is 2.30. The molecule has 0 amide bonds. The SMILES string of the molecule is CS(=O)(=O)N1CCSC1c1ccccc1. The Kier molecular flexibility index (Phi) is 3.04. The minimum Gasteiger partial charge on any atom is -0.212 e. The van der Waals surface area contributed by atoms with Crippen LogP contribution in [-0.2, 0) is 10.0 Å². The van der Waals surface area contributed by atoms with Crippen molar-refractivity contribution in [2.45, 2.75) is 5.37 Å². The molecule has 1 fully saturated rings. The predicted molar refractivity (Wildman–Crippen MR) is 63.2 cm³/mol. The predicted octanol–water partition coefficient (Wildman–Crippen LogP) is 1.69. The number of hydrogen-bond acceptors (Lipinski definition) is 3. The van der Waals surface area contributed by atoms with E-state index < -0.39 is 10.0 Å². The minimum atomic E-state index is -3.09. The van der Waals surface area contributed by atoms with Gasteiger partial charge in [0.2, 0.25) is 10.0 Å². The normalized spacial score (nSPS) is 23.1. The van der Waals surface area contributed by atoms with Gasteiger partial charge in [-0.25, -0.2) is 8.42 Å². The molecule has 0 aromatic heterocycles. The fourth-order valence-corrected chi connectivity index (χ4v) is 4.48. The van der Waals surface area contributed by atoms with Crippen molar-refractivity contribution in [3.8, 4) is 0 Å². The van der Waals surface area contributed by atoms with Crippen LogP contribution in [0.15, 0.2) is 30.3 Å². The lowest BCUT2D eigenvalue weighted by Crippen LogP contribution is -2.29. The summed E-state index contributed by atoms with van der Waals surface area (Å²) < 4.78 is 24.6. The highest BCUT2D eigenvalue weighted by Crippen LogP contribution is 2.38. The van der Waals surface area contributed by atoms with Crippen molar-refractivity contribution < 1.29 is 8.42 Å². The summed E-state index contributed by atoms with van der Waals surface area (Å²) in [5.41, 5.74) is 1.06. The number of sulfonamides is 1. The largest absolute Gasteiger partial charge is 0.212 e. The maximum atomic E-state index is 11.5. The molecule has 1 aromatic carbocycles. The Labute approximate surface area is 94.5 Å². The van der Waals surface area contributed by atoms with Crippen LogP contribution in [0.2, 0.25) is 0 Å². The molecule has 1 aliphatic rings. The molecule has 3 nitrogen and oxygen atoms in total. The van der Waals surface area contributed by atoms with E-state index >= 15 is 0 Å². The maximum Gasteiger partial charge on any atom is 0.212 e. The van der Waals surface area contributed by atoms with Crippen LogP contribution >= 0.6 is 11.8 Å². The smallest absolute Gasteiger partial charge is 0.212 e. The molecule has 0 bridgehead atoms. The first-order valence-electron chi connectivity index (χ1n) is 4.72. The van der Waals surface area contributed by atoms with Gasteiger partial charge in [0.15, 0.2) is 0 Å². The van der Waals surface area contributed by atoms with Gasteiger partial charge >= 0.3 is 0 Å². The van der Waals surface area contributed by atoms with Gasteiger partial charge in [-0.05, 0) is 5.56 Å². The van der Waals surface area contributed by atoms with Crippen LogP contribution < -0.4 is 0 Å². The van der Waals surface area contributed by atoms with Gasteiger partial charge in [0, 0.05) is 12.3 Å². The van der Waals surface area contributed by atoms with Gasteiger partial charge in [-0.2, -0.15) is 4.31 Å². The number of benzene rings is 1. The molecular weight excluding hydrogens is 230 g/mol. The van der Waals surface area contributed by atoms with E-state index in [9.17, 15) is 8.42 Å². The fraction of sp³-hybridized carbons (Fsp3) is 0.400. The van der Waals surface area contributed by atoms with Crippen molar-refractivity contribution in [3.63, 3.8) is 0 Å². The number of rotatable bonds is 2. The van der Waals surface area contributed by atoms with Gasteiger partial charge in [-0.15, -0.1) is 11.8 Å². The third-order valence-electron chi connectivity index (χ3n) is 2.36. The summed E-state index contributed by atoms with van der Waals surface area (Å²) in [6.45, 7) is 0.614. The molecule has 1 atom stereocenters. The summed E-state index contributed by atoms with van der Waals surface area (Å²) in [7, 11) is -3.09. The molecule has 1 heterocycles. The van der Waals surface area contributed by atoms with E-state index in [2.05, 4.69) is 0 Å². The molecule has 0 aliphatic carbocycles. The van der Waals surface area contributed by atoms with E-state index in [0.717, 1.165) is 11.3 Å². The van der Waals surface area contributed by atoms with Gasteiger partial charge in [0.25, 0.3) is 0 Å². The number of thioether (sulfide) groups is 1. The Morgan fingerprint density at radius 1 is 1.33 bits per heavy atom. The quantitative estimate of drug-likeness (QED) is 0.793. The lowest BCUT2D eigenvalue weighted by Gasteiger charge is -2.21. The number of hydrogen-bond donors (Lipinski definition) is 0. The Morgan fingerprint density at radius 2 is 2.00 bits per heavy atom. The van der Waals surface area contributed by atoms with E-state index in [1.807, 2.05) is 30.3 Å². The second-order valence-electron chi connectivity index (χ2n) is 3.51. The molecule has 1 saturated heterocycles. The van der Waals surface area contributed by atoms with Crippen molar-refractivity contribution in [1.29, 1.82) is 0 Å². The molecule has 0 saturated carbocycles. The summed E-state index contributed by atoms with van der Waals surface area (Å²) in [5.74, 6) is 0.868. The molecule has 5 heteroatoms. The fourth-order valence-electron chi connectivity index (χ4n) is 1.67. The molecule has 1 aliphatic heterocycles. The van der Waals surface area contributed by atoms with Gasteiger partial charge in [0.05, 0.1) is 11.6 Å². The summed E-state index contributed by atoms with van der Waals surface area (Å²) in [6, 6.07) is 9.76. The van der Waals surface area contributed by atoms with Crippen LogP contribution in [0.5, 0.6) is 0 Å². The monoisotopic (exact) mass is 243 g/mol. The van der Waals surface area contributed by atoms with Gasteiger partial charge in [0.1, 0.15) is 0 Å². The van der Waals surface area contributed by atoms with Crippen LogP contribution in [-0.4, -0.2) is 31.3 Å². The molecule has 82 valence electrons. The third-order valence-corrected chi connectivity index (χ3v) is 5.00. The Morgan fingerprint density at radius 3 is 2.60 bits per heavy atom. The highest BCUT2D eigenvalue weighted by molar-refractivity contribution is 8.00. The maximum absolute atomic E-state index is 11.5. The van der Waals surface area contributed by atoms with E-state index in [0.29, 0.717) is 6.54 Å². The second-order valence-corrected chi connectivity index (χ2v) is 6.63. The van der Waals surface area contributed by atoms with Crippen molar-refractivity contribution in [3.05, 3.63) is 35.9 Å². The van der Waals surface area contributed by atoms with Crippen LogP contribution in [0, 0.1) is 0 Å². The van der Waals surface area contributed by atoms with E-state index in [-0.39, 0.29) is 5.37 Å². The summed E-state index contributed by atoms with van der Waals surface area (Å²) in [6.07, 6.45) is 1.27. The molecule has 0 spiro atoms. The Bertz CT molecular complexity index is 430. The van der Waals surface area contributed by atoms with E-state index in [4.69, 9.17) is 0 Å². The minimum absolute atomic E-state index is 0.0406. The van der Waals surface area contributed by atoms with Crippen LogP contribution in [0.1, 0.15) is 10.9 Å². The molecule has 0 N–H and O–H groups in total. The highest BCUT2D eigenvalue weighted by Gasteiger charge is 2.32. The lowest BCUT2D eigenvalue weighted by molar-refractivity contribution is 0.439. The number of nitrogens with zero attached hydrogens (tertiary/aromatic N) is 1. The van der Waals surface area contributed by atoms with Gasteiger partial charge in [-0.1, -0.05) is 30.3 Å². The van der Waals surface area contributed by atoms with Crippen LogP contribution in [0.25, 0.3) is 0 Å². The van der Waals surface area contributed by atoms with Crippen molar-refractivity contribution in [2.24, 2.45) is 0 Å². The van der Waals surface area contributed by atoms with E-state index in [1.54, 1.807) is 16.1 Å². The molecule has 2 rings (SSSR count). The second kappa shape index (κ2) is 4.15. The first-order chi connectivity index (χ1) is 7.09.